The van der Waals surface area contributed by atoms with Crippen molar-refractivity contribution < 1.29 is 35.6 Å². The van der Waals surface area contributed by atoms with Crippen molar-refractivity contribution in [1.29, 1.82) is 0 Å². The molecule has 158 valence electrons. The molecule has 0 bridgehead atoms. The zero-order valence-electron chi connectivity index (χ0n) is 14.5. The molecule has 1 aromatic heterocycles. The number of carbonyl (C=O) groups is 1. The van der Waals surface area contributed by atoms with E-state index < -0.39 is 35.1 Å². The van der Waals surface area contributed by atoms with Gasteiger partial charge < -0.3 is 9.73 Å². The second-order valence-corrected chi connectivity index (χ2v) is 6.88. The molecule has 1 amide bonds. The summed E-state index contributed by atoms with van der Waals surface area (Å²) in [7, 11) is 0. The fraction of sp³-hybridized carbons (Fsp3) is 0.105. The van der Waals surface area contributed by atoms with Crippen LogP contribution in [0.1, 0.15) is 21.7 Å². The highest BCUT2D eigenvalue weighted by Gasteiger charge is 2.37. The summed E-state index contributed by atoms with van der Waals surface area (Å²) in [6, 6.07) is 7.78. The fourth-order valence-corrected chi connectivity index (χ4v) is 2.89. The van der Waals surface area contributed by atoms with Crippen molar-refractivity contribution in [2.45, 2.75) is 12.4 Å². The van der Waals surface area contributed by atoms with E-state index in [-0.39, 0.29) is 22.6 Å². The summed E-state index contributed by atoms with van der Waals surface area (Å²) in [5, 5.41) is 2.57. The number of hydrogen-bond donors (Lipinski definition) is 1. The Labute approximate surface area is 175 Å². The zero-order chi connectivity index (χ0) is 22.3. The smallest absolute Gasteiger partial charge is 0.416 e. The molecule has 0 unspecified atom stereocenters. The van der Waals surface area contributed by atoms with Gasteiger partial charge in [-0.15, -0.1) is 0 Å². The summed E-state index contributed by atoms with van der Waals surface area (Å²) in [5.74, 6) is -1.27. The molecule has 0 aliphatic rings. The van der Waals surface area contributed by atoms with E-state index in [1.807, 2.05) is 5.32 Å². The van der Waals surface area contributed by atoms with Crippen molar-refractivity contribution >= 4 is 34.8 Å². The number of nitrogens with one attached hydrogen (secondary N) is 1. The van der Waals surface area contributed by atoms with Crippen LogP contribution in [-0.2, 0) is 12.4 Å². The van der Waals surface area contributed by atoms with Crippen LogP contribution in [0.2, 0.25) is 10.0 Å². The average molecular weight is 468 g/mol. The Bertz CT molecular complexity index is 1070. The number of anilines is 1. The second kappa shape index (κ2) is 7.88. The lowest BCUT2D eigenvalue weighted by atomic mass is 10.1. The maximum absolute atomic E-state index is 12.9. The quantitative estimate of drug-likeness (QED) is 0.404. The van der Waals surface area contributed by atoms with Crippen LogP contribution in [0.4, 0.5) is 32.0 Å². The first-order valence-electron chi connectivity index (χ1n) is 8.00. The van der Waals surface area contributed by atoms with Gasteiger partial charge in [-0.25, -0.2) is 0 Å². The highest BCUT2D eigenvalue weighted by atomic mass is 35.5. The van der Waals surface area contributed by atoms with Crippen LogP contribution in [-0.4, -0.2) is 5.91 Å². The molecule has 0 radical (unpaired) electrons. The van der Waals surface area contributed by atoms with Gasteiger partial charge in [0.15, 0.2) is 5.76 Å². The minimum atomic E-state index is -5.04. The summed E-state index contributed by atoms with van der Waals surface area (Å²) < 4.78 is 83.0. The Morgan fingerprint density at radius 3 is 2.00 bits per heavy atom. The van der Waals surface area contributed by atoms with Gasteiger partial charge in [0.1, 0.15) is 5.76 Å². The molecule has 0 saturated heterocycles. The standard InChI is InChI=1S/C19H9Cl2F6NO2/c20-11-1-2-14(21)13(8-11)15-3-4-16(30-15)17(29)28-12-6-9(18(22,23)24)5-10(7-12)19(25,26)27/h1-8H,(H,28,29). The number of amides is 1. The first-order valence-corrected chi connectivity index (χ1v) is 8.76. The number of rotatable bonds is 3. The molecule has 0 spiro atoms. The van der Waals surface area contributed by atoms with Gasteiger partial charge in [-0.05, 0) is 48.5 Å². The molecule has 30 heavy (non-hydrogen) atoms. The summed E-state index contributed by atoms with van der Waals surface area (Å²) in [6.07, 6.45) is -10.1. The van der Waals surface area contributed by atoms with E-state index in [0.717, 1.165) is 0 Å². The van der Waals surface area contributed by atoms with Gasteiger partial charge in [-0.1, -0.05) is 23.2 Å². The van der Waals surface area contributed by atoms with E-state index in [2.05, 4.69) is 0 Å². The van der Waals surface area contributed by atoms with Crippen molar-refractivity contribution in [3.63, 3.8) is 0 Å². The number of benzene rings is 2. The molecule has 0 aliphatic heterocycles. The largest absolute Gasteiger partial charge is 0.451 e. The van der Waals surface area contributed by atoms with Crippen molar-refractivity contribution in [3.8, 4) is 11.3 Å². The van der Waals surface area contributed by atoms with Gasteiger partial charge in [0, 0.05) is 16.3 Å². The lowest BCUT2D eigenvalue weighted by Crippen LogP contribution is -2.15. The van der Waals surface area contributed by atoms with Gasteiger partial charge in [-0.3, -0.25) is 4.79 Å². The number of furan rings is 1. The number of hydrogen-bond acceptors (Lipinski definition) is 2. The fourth-order valence-electron chi connectivity index (χ4n) is 2.51. The third-order valence-electron chi connectivity index (χ3n) is 3.87. The first-order chi connectivity index (χ1) is 13.8. The highest BCUT2D eigenvalue weighted by molar-refractivity contribution is 6.35. The molecule has 2 aromatic carbocycles. The molecule has 1 heterocycles. The predicted molar refractivity (Wildman–Crippen MR) is 98.6 cm³/mol. The van der Waals surface area contributed by atoms with Crippen molar-refractivity contribution in [3.05, 3.63) is 75.5 Å². The van der Waals surface area contributed by atoms with Crippen molar-refractivity contribution in [2.24, 2.45) is 0 Å². The minimum absolute atomic E-state index is 0.0399. The maximum Gasteiger partial charge on any atom is 0.416 e. The monoisotopic (exact) mass is 467 g/mol. The average Bonchev–Trinajstić information content (AvgIpc) is 3.12. The van der Waals surface area contributed by atoms with E-state index in [4.69, 9.17) is 27.6 Å². The molecule has 11 heteroatoms. The van der Waals surface area contributed by atoms with Crippen molar-refractivity contribution in [1.82, 2.24) is 0 Å². The van der Waals surface area contributed by atoms with Crippen LogP contribution in [0.3, 0.4) is 0 Å². The maximum atomic E-state index is 12.9. The molecule has 1 N–H and O–H groups in total. The van der Waals surface area contributed by atoms with Gasteiger partial charge >= 0.3 is 12.4 Å². The number of alkyl halides is 6. The molecule has 3 rings (SSSR count). The molecule has 3 nitrogen and oxygen atoms in total. The number of halogens is 8. The van der Waals surface area contributed by atoms with Crippen molar-refractivity contribution in [2.75, 3.05) is 5.32 Å². The topological polar surface area (TPSA) is 42.2 Å². The molecule has 3 aromatic rings. The Morgan fingerprint density at radius 2 is 1.43 bits per heavy atom. The summed E-state index contributed by atoms with van der Waals surface area (Å²) >= 11 is 11.9. The van der Waals surface area contributed by atoms with Gasteiger partial charge in [-0.2, -0.15) is 26.3 Å². The number of carbonyl (C=O) groups excluding carboxylic acids is 1. The third-order valence-corrected chi connectivity index (χ3v) is 4.43. The summed E-state index contributed by atoms with van der Waals surface area (Å²) in [4.78, 5) is 12.3. The van der Waals surface area contributed by atoms with E-state index in [9.17, 15) is 31.1 Å². The van der Waals surface area contributed by atoms with Crippen LogP contribution >= 0.6 is 23.2 Å². The second-order valence-electron chi connectivity index (χ2n) is 6.04. The lowest BCUT2D eigenvalue weighted by molar-refractivity contribution is -0.143. The van der Waals surface area contributed by atoms with Crippen LogP contribution in [0.15, 0.2) is 52.9 Å². The predicted octanol–water partition coefficient (Wildman–Crippen LogP) is 7.54. The SMILES string of the molecule is O=C(Nc1cc(C(F)(F)F)cc(C(F)(F)F)c1)c1ccc(-c2cc(Cl)ccc2Cl)o1. The Morgan fingerprint density at radius 1 is 0.833 bits per heavy atom. The molecule has 0 atom stereocenters. The lowest BCUT2D eigenvalue weighted by Gasteiger charge is -2.14. The summed E-state index contributed by atoms with van der Waals surface area (Å²) in [6.45, 7) is 0. The van der Waals surface area contributed by atoms with Gasteiger partial charge in [0.2, 0.25) is 0 Å². The Kier molecular flexibility index (Phi) is 5.79. The molecule has 0 saturated carbocycles. The van der Waals surface area contributed by atoms with Gasteiger partial charge in [0.25, 0.3) is 5.91 Å². The Hall–Kier alpha value is -2.65. The van der Waals surface area contributed by atoms with E-state index in [0.29, 0.717) is 22.7 Å². The van der Waals surface area contributed by atoms with Crippen LogP contribution < -0.4 is 5.32 Å². The third kappa shape index (κ3) is 4.91. The molecular formula is C19H9Cl2F6NO2. The van der Waals surface area contributed by atoms with Crippen LogP contribution in [0, 0.1) is 0 Å². The van der Waals surface area contributed by atoms with E-state index >= 15 is 0 Å². The minimum Gasteiger partial charge on any atom is -0.451 e. The van der Waals surface area contributed by atoms with Gasteiger partial charge in [0.05, 0.1) is 16.1 Å². The van der Waals surface area contributed by atoms with E-state index in [1.54, 1.807) is 0 Å². The Balaban J connectivity index is 1.91. The molecule has 0 aliphatic carbocycles. The van der Waals surface area contributed by atoms with E-state index in [1.165, 1.54) is 30.3 Å². The zero-order valence-corrected chi connectivity index (χ0v) is 16.0. The molecular weight excluding hydrogens is 459 g/mol. The van der Waals surface area contributed by atoms with Crippen LogP contribution in [0.5, 0.6) is 0 Å². The summed E-state index contributed by atoms with van der Waals surface area (Å²) in [5.41, 5.74) is -3.46. The first kappa shape index (κ1) is 22.0. The molecule has 0 fully saturated rings. The van der Waals surface area contributed by atoms with Crippen LogP contribution in [0.25, 0.3) is 11.3 Å². The highest BCUT2D eigenvalue weighted by Crippen LogP contribution is 2.38. The normalized spacial score (nSPS) is 12.1.